The molecule has 0 aliphatic carbocycles. The van der Waals surface area contributed by atoms with Crippen LogP contribution in [0.5, 0.6) is 23.0 Å². The maximum Gasteiger partial charge on any atom is 0.335 e. The molecule has 0 saturated carbocycles. The van der Waals surface area contributed by atoms with Gasteiger partial charge in [0.15, 0.2) is 11.6 Å². The van der Waals surface area contributed by atoms with Gasteiger partial charge in [0.1, 0.15) is 34.0 Å². The number of hydrogen-bond donors (Lipinski definition) is 4. The summed E-state index contributed by atoms with van der Waals surface area (Å²) in [5.41, 5.74) is 23.7. The molecule has 676 valence electrons. The van der Waals surface area contributed by atoms with Gasteiger partial charge >= 0.3 is 5.97 Å². The van der Waals surface area contributed by atoms with E-state index >= 15 is 0 Å². The molecule has 0 spiro atoms. The average Bonchev–Trinajstić information content (AvgIpc) is 0.806. The Morgan fingerprint density at radius 3 is 1.06 bits per heavy atom. The molecule has 22 nitrogen and oxygen atoms in total. The maximum absolute atomic E-state index is 13.0. The molecule has 14 rings (SSSR count). The number of benzene rings is 8. The second-order valence-corrected chi connectivity index (χ2v) is 49.0. The molecule has 6 N–H and O–H groups in total. The molecular formula is C92H110ClN13O9S12. The number of amides is 3. The number of nitrogens with zero attached hydrogens (tertiary/aromatic N) is 10. The second-order valence-electron chi connectivity index (χ2n) is 30.9. The van der Waals surface area contributed by atoms with Crippen molar-refractivity contribution in [3.63, 3.8) is 0 Å². The lowest BCUT2D eigenvalue weighted by Crippen LogP contribution is -2.43. The van der Waals surface area contributed by atoms with Gasteiger partial charge in [-0.1, -0.05) is 86.1 Å². The first-order valence-electron chi connectivity index (χ1n) is 41.3. The minimum absolute atomic E-state index is 0.114. The summed E-state index contributed by atoms with van der Waals surface area (Å²) < 4.78 is 11.9. The Hall–Kier alpha value is -7.99. The number of aromatic nitrogens is 2. The zero-order valence-electron chi connectivity index (χ0n) is 73.0. The van der Waals surface area contributed by atoms with E-state index in [0.29, 0.717) is 69.1 Å². The smallest absolute Gasteiger partial charge is 0.335 e. The second kappa shape index (κ2) is 54.0. The Labute approximate surface area is 789 Å². The number of carboxylic acid groups (broad SMARTS) is 1. The number of Topliss-reactive ketones (excluding diaryl/α,β-unsaturated/α-hetero) is 2. The van der Waals surface area contributed by atoms with Crippen molar-refractivity contribution in [1.29, 1.82) is 0 Å². The van der Waals surface area contributed by atoms with E-state index in [4.69, 9.17) is 37.6 Å². The van der Waals surface area contributed by atoms with Gasteiger partial charge < -0.3 is 51.0 Å². The molecular weight excluding hydrogens is 1850 g/mol. The van der Waals surface area contributed by atoms with E-state index in [0.717, 1.165) is 186 Å². The molecule has 4 aliphatic rings. The summed E-state index contributed by atoms with van der Waals surface area (Å²) in [5, 5.41) is 16.0. The quantitative estimate of drug-likeness (QED) is 0.0385. The van der Waals surface area contributed by atoms with Crippen molar-refractivity contribution in [3.8, 4) is 23.0 Å². The predicted molar refractivity (Wildman–Crippen MR) is 547 cm³/mol. The number of ether oxygens (including phenoxy) is 2. The van der Waals surface area contributed by atoms with Crippen LogP contribution in [0.2, 0.25) is 5.15 Å². The number of nitrogens with two attached hydrogens (primary N) is 2. The van der Waals surface area contributed by atoms with Crippen LogP contribution in [0, 0.1) is 27.7 Å². The summed E-state index contributed by atoms with van der Waals surface area (Å²) in [6.07, 6.45) is 4.15. The van der Waals surface area contributed by atoms with Gasteiger partial charge in [-0.15, -0.1) is 0 Å². The molecule has 10 aromatic rings. The molecule has 6 heterocycles. The standard InChI is InChI=1S/C32H34N4O3.C18H14ClNO2.2C14H21N3O.C14H20N2O2.S12/c1-4-30(37)29-7-5-6-23-19-26(10-11-28(23)29)39-27-12-13-33-31(20-27)34-32(38)24-8-9-25(22(2)18-24)21-36-16-14-35(3)15-17-36;1-2-17(21)16-5-3-4-12-10-13(6-7-15(12)16)22-14-8-9-20-18(19)11-14;2*1-11-9-12(14(15)18)3-4-13(11)10-17-7-5-16(2)6-8-17;1-11-9-12(14(17)18)3-4-13(11)10-16-7-5-15(2)6-8-16;1-3-5-7-9-11-12-10-8-6-4-2/h5-13,18-20H,4,14-17,21H2,1-3H3,(H,33,34,38);3-11H,2H2,1H3;2*3-4,9H,5-8,10H2,1-2H3,(H2,15,18);3-4,9H,5-8,10H2,1-2H3,(H,17,18);. The molecule has 4 aliphatic heterocycles. The largest absolute Gasteiger partial charge is 0.478 e. The average molecular weight is 1960 g/mol. The summed E-state index contributed by atoms with van der Waals surface area (Å²) in [6.45, 7) is 33.1. The fourth-order valence-corrected chi connectivity index (χ4v) is 36.2. The molecule has 0 bridgehead atoms. The number of primary amides is 2. The van der Waals surface area contributed by atoms with Crippen molar-refractivity contribution in [3.05, 3.63) is 265 Å². The van der Waals surface area contributed by atoms with Gasteiger partial charge in [0, 0.05) is 307 Å². The summed E-state index contributed by atoms with van der Waals surface area (Å²) in [6, 6.07) is 52.3. The van der Waals surface area contributed by atoms with E-state index in [1.165, 1.54) is 40.0 Å². The van der Waals surface area contributed by atoms with Crippen LogP contribution in [-0.2, 0) is 137 Å². The van der Waals surface area contributed by atoms with Crippen molar-refractivity contribution in [2.75, 3.05) is 138 Å². The van der Waals surface area contributed by atoms with E-state index in [9.17, 15) is 28.8 Å². The normalized spacial score (nSPS) is 14.5. The molecule has 35 heteroatoms. The number of aryl methyl sites for hydroxylation is 4. The zero-order valence-corrected chi connectivity index (χ0v) is 83.5. The number of nitrogens with one attached hydrogen (secondary N) is 1. The third-order valence-electron chi connectivity index (χ3n) is 21.7. The predicted octanol–water partition coefficient (Wildman–Crippen LogP) is 14.3. The minimum Gasteiger partial charge on any atom is -0.478 e. The number of pyridine rings is 2. The number of hydrogen-bond acceptors (Lipinski definition) is 20. The number of carbonyl (C=O) groups excluding carboxylic acids is 5. The number of likely N-dealkylation sites (N-methyl/N-ethyl adjacent to an activating group) is 4. The molecule has 2 aromatic heterocycles. The Balaban J connectivity index is 0.000000180. The topological polar surface area (TPSA) is 257 Å². The maximum atomic E-state index is 13.0. The van der Waals surface area contributed by atoms with Gasteiger partial charge in [0.05, 0.1) is 5.56 Å². The van der Waals surface area contributed by atoms with Gasteiger partial charge in [0.25, 0.3) is 5.91 Å². The van der Waals surface area contributed by atoms with Crippen molar-refractivity contribution in [2.24, 2.45) is 11.5 Å². The van der Waals surface area contributed by atoms with Crippen LogP contribution in [0.15, 0.2) is 182 Å². The van der Waals surface area contributed by atoms with Gasteiger partial charge in [-0.2, -0.15) is 0 Å². The highest BCUT2D eigenvalue weighted by Gasteiger charge is 2.22. The number of fused-ring (bicyclic) bond motifs is 2. The number of rotatable bonds is 21. The number of anilines is 1. The highest BCUT2D eigenvalue weighted by atomic mass is 35.5. The molecule has 4 fully saturated rings. The molecule has 4 saturated heterocycles. The zero-order chi connectivity index (χ0) is 91.3. The fourth-order valence-electron chi connectivity index (χ4n) is 14.1. The number of halogens is 1. The van der Waals surface area contributed by atoms with Crippen molar-refractivity contribution < 1.29 is 43.3 Å². The monoisotopic (exact) mass is 1960 g/mol. The van der Waals surface area contributed by atoms with Crippen LogP contribution in [0.3, 0.4) is 0 Å². The van der Waals surface area contributed by atoms with Gasteiger partial charge in [-0.25, -0.2) is 14.8 Å². The Morgan fingerprint density at radius 1 is 0.402 bits per heavy atom. The van der Waals surface area contributed by atoms with E-state index in [1.807, 2.05) is 162 Å². The van der Waals surface area contributed by atoms with Crippen molar-refractivity contribution in [1.82, 2.24) is 49.2 Å². The van der Waals surface area contributed by atoms with E-state index in [2.05, 4.69) is 118 Å². The SMILES string of the molecule is CCC(=O)c1cccc2cc(Oc3ccnc(Cl)c3)ccc12.CCC(=O)c1cccc2cc(Oc3ccnc(NC(=O)c4ccc(CN5CCN(C)CC5)c(C)c4)c3)ccc12.Cc1cc(C(=O)O)ccc1CN1CCN(C)CC1.Cc1cc(C(N)=O)ccc1CN1CCN(C)CC1.Cc1cc(C(N)=O)ccc1CN1CCN(C)CC1.S=S=S=S=S=S=S=S=S=S=S=S. The van der Waals surface area contributed by atoms with Gasteiger partial charge in [-0.05, 0) is 219 Å². The molecule has 0 atom stereocenters. The summed E-state index contributed by atoms with van der Waals surface area (Å²) >= 11 is 15.2. The first-order valence-corrected chi connectivity index (χ1v) is 56.3. The molecule has 127 heavy (non-hydrogen) atoms. The number of aromatic carboxylic acids is 1. The van der Waals surface area contributed by atoms with Crippen LogP contribution in [0.25, 0.3) is 21.5 Å². The lowest BCUT2D eigenvalue weighted by Gasteiger charge is -2.32. The third-order valence-corrected chi connectivity index (χ3v) is 42.0. The lowest BCUT2D eigenvalue weighted by molar-refractivity contribution is 0.0695. The van der Waals surface area contributed by atoms with Crippen LogP contribution in [-0.4, -0.2) is 222 Å². The van der Waals surface area contributed by atoms with Gasteiger partial charge in [0.2, 0.25) is 11.8 Å². The molecule has 0 radical (unpaired) electrons. The highest BCUT2D eigenvalue weighted by molar-refractivity contribution is 8.75. The number of carboxylic acids is 1. The number of piperazine rings is 4. The molecule has 3 amide bonds. The first-order chi connectivity index (χ1) is 61.1. The molecule has 0 unspecified atom stereocenters. The van der Waals surface area contributed by atoms with Crippen molar-refractivity contribution >= 4 is 185 Å². The van der Waals surface area contributed by atoms with Crippen molar-refractivity contribution in [2.45, 2.75) is 80.6 Å². The summed E-state index contributed by atoms with van der Waals surface area (Å²) in [5.74, 6) is 1.39. The van der Waals surface area contributed by atoms with Crippen LogP contribution >= 0.6 is 11.6 Å². The Morgan fingerprint density at radius 2 is 0.724 bits per heavy atom. The van der Waals surface area contributed by atoms with E-state index in [-0.39, 0.29) is 29.3 Å². The van der Waals surface area contributed by atoms with Crippen LogP contribution < -0.4 is 26.3 Å². The minimum atomic E-state index is -0.857. The first kappa shape index (κ1) is 103. The van der Waals surface area contributed by atoms with E-state index in [1.54, 1.807) is 120 Å². The van der Waals surface area contributed by atoms with Crippen LogP contribution in [0.1, 0.15) is 133 Å². The van der Waals surface area contributed by atoms with Crippen LogP contribution in [0.4, 0.5) is 5.82 Å². The summed E-state index contributed by atoms with van der Waals surface area (Å²) in [4.78, 5) is 97.7. The fraction of sp³-hybridized carbons (Fsp3) is 0.348. The number of carbonyl (C=O) groups is 6. The molecule has 8 aromatic carbocycles. The third kappa shape index (κ3) is 34.4. The summed E-state index contributed by atoms with van der Waals surface area (Å²) in [7, 11) is 24.9. The van der Waals surface area contributed by atoms with E-state index < -0.39 is 5.97 Å². The van der Waals surface area contributed by atoms with Gasteiger partial charge in [-0.3, -0.25) is 43.6 Å². The Kier molecular flexibility index (Phi) is 43.7. The highest BCUT2D eigenvalue weighted by Crippen LogP contribution is 2.32. The lowest BCUT2D eigenvalue weighted by atomic mass is 10.00. The Bertz CT molecular complexity index is 5760. The number of ketones is 2.